The maximum absolute atomic E-state index is 12.3. The van der Waals surface area contributed by atoms with Crippen LogP contribution in [0.25, 0.3) is 6.08 Å². The number of hydrogen-bond acceptors (Lipinski definition) is 3. The molecule has 0 aliphatic heterocycles. The summed E-state index contributed by atoms with van der Waals surface area (Å²) in [6.07, 6.45) is 1.54. The highest BCUT2D eigenvalue weighted by molar-refractivity contribution is 6.31. The molecule has 0 radical (unpaired) electrons. The van der Waals surface area contributed by atoms with E-state index in [2.05, 4.69) is 5.32 Å². The second kappa shape index (κ2) is 7.67. The van der Waals surface area contributed by atoms with Crippen molar-refractivity contribution in [3.8, 4) is 11.8 Å². The van der Waals surface area contributed by atoms with Crippen LogP contribution >= 0.6 is 11.6 Å². The van der Waals surface area contributed by atoms with E-state index in [1.165, 1.54) is 0 Å². The molecule has 2 aromatic rings. The molecule has 122 valence electrons. The zero-order chi connectivity index (χ0) is 17.7. The summed E-state index contributed by atoms with van der Waals surface area (Å²) in [7, 11) is 1.60. The summed E-state index contributed by atoms with van der Waals surface area (Å²) >= 11 is 5.95. The van der Waals surface area contributed by atoms with Gasteiger partial charge in [0.2, 0.25) is 0 Å². The molecular formula is C19H17ClN2O2. The molecule has 24 heavy (non-hydrogen) atoms. The SMILES string of the molecule is COc1ccc(/C=C(\C#N)C(=O)Nc2cc(Cl)ccc2C)cc1C. The quantitative estimate of drug-likeness (QED) is 0.658. The average molecular weight is 341 g/mol. The van der Waals surface area contributed by atoms with Crippen LogP contribution in [-0.4, -0.2) is 13.0 Å². The molecule has 0 atom stereocenters. The molecule has 0 aliphatic rings. The Morgan fingerprint density at radius 3 is 2.58 bits per heavy atom. The van der Waals surface area contributed by atoms with Crippen LogP contribution in [0.5, 0.6) is 5.75 Å². The fourth-order valence-corrected chi connectivity index (χ4v) is 2.40. The van der Waals surface area contributed by atoms with E-state index in [1.54, 1.807) is 43.5 Å². The molecule has 1 amide bonds. The van der Waals surface area contributed by atoms with Crippen molar-refractivity contribution in [1.82, 2.24) is 0 Å². The summed E-state index contributed by atoms with van der Waals surface area (Å²) in [4.78, 5) is 12.3. The van der Waals surface area contributed by atoms with Crippen molar-refractivity contribution in [2.45, 2.75) is 13.8 Å². The third-order valence-electron chi connectivity index (χ3n) is 3.54. The Labute approximate surface area is 146 Å². The van der Waals surface area contributed by atoms with Gasteiger partial charge in [0, 0.05) is 10.7 Å². The Morgan fingerprint density at radius 1 is 1.21 bits per heavy atom. The van der Waals surface area contributed by atoms with E-state index in [1.807, 2.05) is 26.0 Å². The highest BCUT2D eigenvalue weighted by Gasteiger charge is 2.11. The number of hydrogen-bond donors (Lipinski definition) is 1. The van der Waals surface area contributed by atoms with Gasteiger partial charge in [-0.05, 0) is 60.9 Å². The monoisotopic (exact) mass is 340 g/mol. The van der Waals surface area contributed by atoms with Gasteiger partial charge in [-0.3, -0.25) is 4.79 Å². The Morgan fingerprint density at radius 2 is 1.96 bits per heavy atom. The van der Waals surface area contributed by atoms with Gasteiger partial charge in [0.25, 0.3) is 5.91 Å². The van der Waals surface area contributed by atoms with Crippen molar-refractivity contribution >= 4 is 29.3 Å². The summed E-state index contributed by atoms with van der Waals surface area (Å²) < 4.78 is 5.20. The van der Waals surface area contributed by atoms with Crippen molar-refractivity contribution in [3.05, 3.63) is 63.7 Å². The number of ether oxygens (including phenoxy) is 1. The number of nitrogens with zero attached hydrogens (tertiary/aromatic N) is 1. The molecule has 0 fully saturated rings. The minimum atomic E-state index is -0.476. The molecule has 2 aromatic carbocycles. The number of rotatable bonds is 4. The van der Waals surface area contributed by atoms with Crippen LogP contribution in [0.3, 0.4) is 0 Å². The Balaban J connectivity index is 2.27. The molecular weight excluding hydrogens is 324 g/mol. The summed E-state index contributed by atoms with van der Waals surface area (Å²) in [6.45, 7) is 3.76. The van der Waals surface area contributed by atoms with Gasteiger partial charge < -0.3 is 10.1 Å². The smallest absolute Gasteiger partial charge is 0.266 e. The standard InChI is InChI=1S/C19H17ClN2O2/c1-12-4-6-16(20)10-17(12)22-19(23)15(11-21)9-14-5-7-18(24-3)13(2)8-14/h4-10H,1-3H3,(H,22,23)/b15-9+. The molecule has 5 heteroatoms. The van der Waals surface area contributed by atoms with Crippen molar-refractivity contribution < 1.29 is 9.53 Å². The number of nitrogens with one attached hydrogen (secondary N) is 1. The number of carbonyl (C=O) groups excluding carboxylic acids is 1. The Bertz CT molecular complexity index is 851. The number of nitriles is 1. The number of methoxy groups -OCH3 is 1. The van der Waals surface area contributed by atoms with E-state index in [9.17, 15) is 10.1 Å². The third-order valence-corrected chi connectivity index (χ3v) is 3.78. The molecule has 0 bridgehead atoms. The van der Waals surface area contributed by atoms with Crippen molar-refractivity contribution in [2.75, 3.05) is 12.4 Å². The topological polar surface area (TPSA) is 62.1 Å². The average Bonchev–Trinajstić information content (AvgIpc) is 2.56. The lowest BCUT2D eigenvalue weighted by Gasteiger charge is -2.09. The van der Waals surface area contributed by atoms with Gasteiger partial charge in [-0.1, -0.05) is 23.7 Å². The molecule has 4 nitrogen and oxygen atoms in total. The number of aryl methyl sites for hydroxylation is 2. The van der Waals surface area contributed by atoms with Crippen LogP contribution < -0.4 is 10.1 Å². The third kappa shape index (κ3) is 4.15. The lowest BCUT2D eigenvalue weighted by molar-refractivity contribution is -0.112. The zero-order valence-corrected chi connectivity index (χ0v) is 14.4. The predicted octanol–water partition coefficient (Wildman–Crippen LogP) is 4.51. The molecule has 1 N–H and O–H groups in total. The van der Waals surface area contributed by atoms with E-state index in [-0.39, 0.29) is 5.57 Å². The number of benzene rings is 2. The number of anilines is 1. The van der Waals surface area contributed by atoms with Gasteiger partial charge in [-0.15, -0.1) is 0 Å². The van der Waals surface area contributed by atoms with Crippen LogP contribution in [-0.2, 0) is 4.79 Å². The summed E-state index contributed by atoms with van der Waals surface area (Å²) in [6, 6.07) is 12.6. The zero-order valence-electron chi connectivity index (χ0n) is 13.7. The number of halogens is 1. The Hall–Kier alpha value is -2.77. The van der Waals surface area contributed by atoms with Crippen LogP contribution in [0.2, 0.25) is 5.02 Å². The second-order valence-corrected chi connectivity index (χ2v) is 5.75. The van der Waals surface area contributed by atoms with E-state index in [0.717, 1.165) is 22.4 Å². The van der Waals surface area contributed by atoms with Crippen molar-refractivity contribution in [3.63, 3.8) is 0 Å². The van der Waals surface area contributed by atoms with Gasteiger partial charge in [-0.2, -0.15) is 5.26 Å². The summed E-state index contributed by atoms with van der Waals surface area (Å²) in [5, 5.41) is 12.5. The second-order valence-electron chi connectivity index (χ2n) is 5.31. The predicted molar refractivity (Wildman–Crippen MR) is 96.1 cm³/mol. The fourth-order valence-electron chi connectivity index (χ4n) is 2.23. The largest absolute Gasteiger partial charge is 0.496 e. The van der Waals surface area contributed by atoms with E-state index >= 15 is 0 Å². The minimum Gasteiger partial charge on any atom is -0.496 e. The van der Waals surface area contributed by atoms with Crippen LogP contribution in [0, 0.1) is 25.2 Å². The number of amides is 1. The van der Waals surface area contributed by atoms with Crippen LogP contribution in [0.4, 0.5) is 5.69 Å². The van der Waals surface area contributed by atoms with Gasteiger partial charge >= 0.3 is 0 Å². The first kappa shape index (κ1) is 17.6. The van der Waals surface area contributed by atoms with Gasteiger partial charge in [0.1, 0.15) is 17.4 Å². The Kier molecular flexibility index (Phi) is 5.62. The first-order valence-electron chi connectivity index (χ1n) is 7.28. The molecule has 0 spiro atoms. The summed E-state index contributed by atoms with van der Waals surface area (Å²) in [5.74, 6) is 0.279. The van der Waals surface area contributed by atoms with Gasteiger partial charge in [-0.25, -0.2) is 0 Å². The number of carbonyl (C=O) groups is 1. The van der Waals surface area contributed by atoms with E-state index < -0.39 is 5.91 Å². The van der Waals surface area contributed by atoms with Gasteiger partial charge in [0.05, 0.1) is 7.11 Å². The highest BCUT2D eigenvalue weighted by Crippen LogP contribution is 2.22. The molecule has 0 saturated heterocycles. The maximum Gasteiger partial charge on any atom is 0.266 e. The lowest BCUT2D eigenvalue weighted by Crippen LogP contribution is -2.14. The molecule has 0 aromatic heterocycles. The van der Waals surface area contributed by atoms with Crippen LogP contribution in [0.1, 0.15) is 16.7 Å². The van der Waals surface area contributed by atoms with Crippen molar-refractivity contribution in [2.24, 2.45) is 0 Å². The fraction of sp³-hybridized carbons (Fsp3) is 0.158. The molecule has 0 aliphatic carbocycles. The molecule has 0 heterocycles. The molecule has 0 unspecified atom stereocenters. The van der Waals surface area contributed by atoms with Crippen LogP contribution in [0.15, 0.2) is 42.0 Å². The van der Waals surface area contributed by atoms with E-state index in [4.69, 9.17) is 16.3 Å². The van der Waals surface area contributed by atoms with Gasteiger partial charge in [0.15, 0.2) is 0 Å². The first-order chi connectivity index (χ1) is 11.4. The summed E-state index contributed by atoms with van der Waals surface area (Å²) in [5.41, 5.74) is 3.14. The van der Waals surface area contributed by atoms with Crippen molar-refractivity contribution in [1.29, 1.82) is 5.26 Å². The van der Waals surface area contributed by atoms with E-state index in [0.29, 0.717) is 10.7 Å². The highest BCUT2D eigenvalue weighted by atomic mass is 35.5. The maximum atomic E-state index is 12.3. The lowest BCUT2D eigenvalue weighted by atomic mass is 10.1. The first-order valence-corrected chi connectivity index (χ1v) is 7.66. The molecule has 2 rings (SSSR count). The molecule has 0 saturated carbocycles. The minimum absolute atomic E-state index is 0.0129. The normalized spacial score (nSPS) is 10.9.